The van der Waals surface area contributed by atoms with Crippen molar-refractivity contribution < 1.29 is 19.2 Å². The Kier molecular flexibility index (Phi) is 5.30. The molecular formula is C19H25NO5. The summed E-state index contributed by atoms with van der Waals surface area (Å²) in [7, 11) is 0. The lowest BCUT2D eigenvalue weighted by Gasteiger charge is -2.39. The Balaban J connectivity index is 1.91. The molecule has 0 saturated heterocycles. The molecule has 0 heterocycles. The van der Waals surface area contributed by atoms with Crippen molar-refractivity contribution in [2.75, 3.05) is 6.61 Å². The van der Waals surface area contributed by atoms with Crippen molar-refractivity contribution in [3.8, 4) is 0 Å². The molecule has 1 aromatic carbocycles. The molecule has 1 saturated carbocycles. The molecule has 1 aliphatic rings. The van der Waals surface area contributed by atoms with Crippen molar-refractivity contribution in [3.63, 3.8) is 0 Å². The first kappa shape index (κ1) is 19.1. The summed E-state index contributed by atoms with van der Waals surface area (Å²) in [4.78, 5) is 34.8. The fraction of sp³-hybridized carbons (Fsp3) is 0.579. The number of ketones is 1. The maximum absolute atomic E-state index is 12.7. The Hall–Kier alpha value is -2.24. The van der Waals surface area contributed by atoms with Crippen molar-refractivity contribution in [1.82, 2.24) is 0 Å². The van der Waals surface area contributed by atoms with Gasteiger partial charge in [-0.05, 0) is 36.3 Å². The Morgan fingerprint density at radius 1 is 1.24 bits per heavy atom. The Bertz CT molecular complexity index is 680. The van der Waals surface area contributed by atoms with Gasteiger partial charge in [0.05, 0.1) is 17.1 Å². The predicted molar refractivity (Wildman–Crippen MR) is 93.3 cm³/mol. The summed E-state index contributed by atoms with van der Waals surface area (Å²) in [6, 6.07) is 5.22. The zero-order valence-corrected chi connectivity index (χ0v) is 15.2. The summed E-state index contributed by atoms with van der Waals surface area (Å²) in [6.45, 7) is 8.47. The lowest BCUT2D eigenvalue weighted by atomic mass is 9.63. The number of non-ortho nitro benzene ring substituents is 1. The van der Waals surface area contributed by atoms with Crippen molar-refractivity contribution >= 4 is 17.4 Å². The predicted octanol–water partition coefficient (Wildman–Crippen LogP) is 4.17. The van der Waals surface area contributed by atoms with Gasteiger partial charge in [0.2, 0.25) is 0 Å². The lowest BCUT2D eigenvalue weighted by molar-refractivity contribution is -0.384. The second-order valence-electron chi connectivity index (χ2n) is 7.61. The summed E-state index contributed by atoms with van der Waals surface area (Å²) >= 11 is 0. The quantitative estimate of drug-likeness (QED) is 0.438. The Labute approximate surface area is 147 Å². The molecule has 0 aromatic heterocycles. The van der Waals surface area contributed by atoms with Crippen LogP contribution in [-0.4, -0.2) is 23.3 Å². The summed E-state index contributed by atoms with van der Waals surface area (Å²) in [5.74, 6) is 0.0226. The normalized spacial score (nSPS) is 24.7. The molecule has 2 atom stereocenters. The number of rotatable bonds is 6. The van der Waals surface area contributed by atoms with Gasteiger partial charge in [0.1, 0.15) is 5.78 Å². The van der Waals surface area contributed by atoms with Crippen molar-refractivity contribution in [2.45, 2.75) is 47.0 Å². The molecule has 0 radical (unpaired) electrons. The summed E-state index contributed by atoms with van der Waals surface area (Å²) in [6.07, 6.45) is 2.07. The maximum Gasteiger partial charge on any atom is 0.338 e. The van der Waals surface area contributed by atoms with Crippen LogP contribution in [0.15, 0.2) is 24.3 Å². The highest BCUT2D eigenvalue weighted by atomic mass is 16.6. The van der Waals surface area contributed by atoms with Crippen LogP contribution in [0.3, 0.4) is 0 Å². The van der Waals surface area contributed by atoms with Gasteiger partial charge in [-0.25, -0.2) is 4.79 Å². The molecule has 2 rings (SSSR count). The third-order valence-electron chi connectivity index (χ3n) is 6.22. The second-order valence-corrected chi connectivity index (χ2v) is 7.61. The second kappa shape index (κ2) is 6.94. The van der Waals surface area contributed by atoms with E-state index in [9.17, 15) is 19.7 Å². The molecule has 1 fully saturated rings. The van der Waals surface area contributed by atoms with E-state index in [1.54, 1.807) is 0 Å². The Morgan fingerprint density at radius 2 is 1.84 bits per heavy atom. The van der Waals surface area contributed by atoms with Gasteiger partial charge in [0, 0.05) is 24.0 Å². The smallest absolute Gasteiger partial charge is 0.338 e. The van der Waals surface area contributed by atoms with E-state index in [-0.39, 0.29) is 35.5 Å². The van der Waals surface area contributed by atoms with E-state index in [1.807, 2.05) is 6.92 Å². The van der Waals surface area contributed by atoms with Crippen LogP contribution >= 0.6 is 0 Å². The molecule has 0 unspecified atom stereocenters. The van der Waals surface area contributed by atoms with Crippen LogP contribution in [0.4, 0.5) is 5.69 Å². The van der Waals surface area contributed by atoms with Gasteiger partial charge in [0.15, 0.2) is 0 Å². The van der Waals surface area contributed by atoms with E-state index in [1.165, 1.54) is 24.3 Å². The summed E-state index contributed by atoms with van der Waals surface area (Å²) < 4.78 is 5.17. The Morgan fingerprint density at radius 3 is 2.32 bits per heavy atom. The van der Waals surface area contributed by atoms with Gasteiger partial charge in [-0.15, -0.1) is 0 Å². The van der Waals surface area contributed by atoms with Gasteiger partial charge >= 0.3 is 5.97 Å². The molecular weight excluding hydrogens is 322 g/mol. The van der Waals surface area contributed by atoms with Crippen molar-refractivity contribution in [1.29, 1.82) is 0 Å². The zero-order chi connectivity index (χ0) is 18.8. The zero-order valence-electron chi connectivity index (χ0n) is 15.2. The van der Waals surface area contributed by atoms with Crippen LogP contribution in [0.5, 0.6) is 0 Å². The van der Waals surface area contributed by atoms with Crippen molar-refractivity contribution in [2.24, 2.45) is 16.7 Å². The molecule has 1 aromatic rings. The van der Waals surface area contributed by atoms with Gasteiger partial charge in [-0.3, -0.25) is 14.9 Å². The number of esters is 1. The number of benzene rings is 1. The molecule has 0 amide bonds. The highest BCUT2D eigenvalue weighted by molar-refractivity contribution is 5.90. The van der Waals surface area contributed by atoms with Crippen LogP contribution in [0.25, 0.3) is 0 Å². The maximum atomic E-state index is 12.7. The summed E-state index contributed by atoms with van der Waals surface area (Å²) in [5.41, 5.74) is -0.324. The molecule has 1 aliphatic carbocycles. The topological polar surface area (TPSA) is 86.5 Å². The number of Topliss-reactive ketones (excluding diaryl/α,β-unsaturated/α-hetero) is 1. The highest BCUT2D eigenvalue weighted by Gasteiger charge is 2.53. The lowest BCUT2D eigenvalue weighted by Crippen LogP contribution is -2.40. The first-order chi connectivity index (χ1) is 11.6. The first-order valence-electron chi connectivity index (χ1n) is 8.54. The number of carbonyl (C=O) groups excluding carboxylic acids is 2. The van der Waals surface area contributed by atoms with Gasteiger partial charge < -0.3 is 4.74 Å². The van der Waals surface area contributed by atoms with Gasteiger partial charge in [0.25, 0.3) is 5.69 Å². The minimum atomic E-state index is -0.577. The van der Waals surface area contributed by atoms with Gasteiger partial charge in [-0.1, -0.05) is 27.7 Å². The fourth-order valence-electron chi connectivity index (χ4n) is 3.55. The number of ether oxygens (including phenoxy) is 1. The first-order valence-corrected chi connectivity index (χ1v) is 8.54. The molecule has 136 valence electrons. The van der Waals surface area contributed by atoms with Gasteiger partial charge in [-0.2, -0.15) is 0 Å². The van der Waals surface area contributed by atoms with E-state index in [0.717, 1.165) is 12.8 Å². The van der Waals surface area contributed by atoms with E-state index >= 15 is 0 Å². The average molecular weight is 347 g/mol. The molecule has 0 bridgehead atoms. The standard InChI is InChI=1S/C19H25NO5/c1-13-9-11-19(4,18(13,2)3)16(21)10-12-25-17(22)14-5-7-15(8-6-14)20(23)24/h5-8,13H,9-12H2,1-4H3/t13-,19+/m1/s1. The molecule has 6 nitrogen and oxygen atoms in total. The molecule has 0 spiro atoms. The van der Waals surface area contributed by atoms with Crippen LogP contribution in [0.2, 0.25) is 0 Å². The largest absolute Gasteiger partial charge is 0.462 e. The van der Waals surface area contributed by atoms with Crippen molar-refractivity contribution in [3.05, 3.63) is 39.9 Å². The minimum Gasteiger partial charge on any atom is -0.462 e. The number of nitrogens with zero attached hydrogens (tertiary/aromatic N) is 1. The van der Waals surface area contributed by atoms with E-state index in [4.69, 9.17) is 4.74 Å². The molecule has 0 N–H and O–H groups in total. The molecule has 25 heavy (non-hydrogen) atoms. The van der Waals surface area contributed by atoms with E-state index in [0.29, 0.717) is 5.92 Å². The van der Waals surface area contributed by atoms with Crippen LogP contribution < -0.4 is 0 Å². The third-order valence-corrected chi connectivity index (χ3v) is 6.22. The van der Waals surface area contributed by atoms with E-state index < -0.39 is 16.3 Å². The number of nitro benzene ring substituents is 1. The minimum absolute atomic E-state index is 0.0225. The number of nitro groups is 1. The highest BCUT2D eigenvalue weighted by Crippen LogP contribution is 2.56. The SMILES string of the molecule is C[C@@H]1CC[C@@](C)(C(=O)CCOC(=O)c2ccc([N+](=O)[O-])cc2)C1(C)C. The number of hydrogen-bond acceptors (Lipinski definition) is 5. The monoisotopic (exact) mass is 347 g/mol. The number of hydrogen-bond donors (Lipinski definition) is 0. The summed E-state index contributed by atoms with van der Waals surface area (Å²) in [5, 5.41) is 10.6. The van der Waals surface area contributed by atoms with E-state index in [2.05, 4.69) is 20.8 Å². The number of carbonyl (C=O) groups is 2. The third kappa shape index (κ3) is 3.57. The van der Waals surface area contributed by atoms with Crippen LogP contribution in [0, 0.1) is 26.9 Å². The fourth-order valence-corrected chi connectivity index (χ4v) is 3.55. The molecule has 6 heteroatoms. The molecule has 0 aliphatic heterocycles. The van der Waals surface area contributed by atoms with Crippen LogP contribution in [-0.2, 0) is 9.53 Å². The average Bonchev–Trinajstić information content (AvgIpc) is 2.78. The van der Waals surface area contributed by atoms with Crippen LogP contribution in [0.1, 0.15) is 57.3 Å².